The molecule has 0 spiro atoms. The predicted molar refractivity (Wildman–Crippen MR) is 94.1 cm³/mol. The Hall–Kier alpha value is -1.98. The van der Waals surface area contributed by atoms with E-state index in [2.05, 4.69) is 26.2 Å². The summed E-state index contributed by atoms with van der Waals surface area (Å²) in [4.78, 5) is 16.6. The van der Waals surface area contributed by atoms with Crippen molar-refractivity contribution in [3.05, 3.63) is 63.6 Å². The summed E-state index contributed by atoms with van der Waals surface area (Å²) in [7, 11) is 0. The molecule has 5 heteroatoms. The molecule has 2 aromatic carbocycles. The average molecular weight is 373 g/mol. The highest BCUT2D eigenvalue weighted by Gasteiger charge is 2.25. The van der Waals surface area contributed by atoms with E-state index >= 15 is 0 Å². The van der Waals surface area contributed by atoms with E-state index in [1.807, 2.05) is 42.5 Å². The molecule has 1 aliphatic rings. The SMILES string of the molecule is O=C1NCc2cc(Br)ccc2C1C=Nc1ccc(CCO)cc1. The van der Waals surface area contributed by atoms with Gasteiger partial charge in [-0.3, -0.25) is 9.79 Å². The molecule has 0 bridgehead atoms. The standard InChI is InChI=1S/C18H17BrN2O2/c19-14-3-6-16-13(9-14)10-21-18(23)17(16)11-20-15-4-1-12(2-5-15)7-8-22/h1-6,9,11,17,22H,7-8,10H2,(H,21,23). The number of fused-ring (bicyclic) bond motifs is 1. The minimum Gasteiger partial charge on any atom is -0.396 e. The topological polar surface area (TPSA) is 61.7 Å². The number of halogens is 1. The monoisotopic (exact) mass is 372 g/mol. The number of benzene rings is 2. The number of aliphatic hydroxyl groups excluding tert-OH is 1. The number of carbonyl (C=O) groups is 1. The molecule has 1 unspecified atom stereocenters. The zero-order valence-corrected chi connectivity index (χ0v) is 14.1. The van der Waals surface area contributed by atoms with E-state index in [1.54, 1.807) is 6.21 Å². The average Bonchev–Trinajstić information content (AvgIpc) is 2.56. The van der Waals surface area contributed by atoms with E-state index in [9.17, 15) is 4.79 Å². The maximum absolute atomic E-state index is 12.2. The van der Waals surface area contributed by atoms with Gasteiger partial charge < -0.3 is 10.4 Å². The van der Waals surface area contributed by atoms with Crippen LogP contribution in [-0.2, 0) is 17.8 Å². The molecule has 1 atom stereocenters. The van der Waals surface area contributed by atoms with Crippen LogP contribution in [-0.4, -0.2) is 23.8 Å². The van der Waals surface area contributed by atoms with Crippen molar-refractivity contribution in [3.8, 4) is 0 Å². The quantitative estimate of drug-likeness (QED) is 0.810. The number of hydrogen-bond acceptors (Lipinski definition) is 3. The molecule has 1 aliphatic heterocycles. The second kappa shape index (κ2) is 7.06. The number of aliphatic hydroxyl groups is 1. The van der Waals surface area contributed by atoms with Crippen LogP contribution in [0.3, 0.4) is 0 Å². The highest BCUT2D eigenvalue weighted by atomic mass is 79.9. The van der Waals surface area contributed by atoms with Crippen molar-refractivity contribution in [1.29, 1.82) is 0 Å². The van der Waals surface area contributed by atoms with Gasteiger partial charge in [0.1, 0.15) is 0 Å². The van der Waals surface area contributed by atoms with Gasteiger partial charge in [-0.1, -0.05) is 34.1 Å². The molecule has 23 heavy (non-hydrogen) atoms. The first-order valence-corrected chi connectivity index (χ1v) is 8.26. The van der Waals surface area contributed by atoms with Gasteiger partial charge in [0.25, 0.3) is 0 Å². The van der Waals surface area contributed by atoms with E-state index in [1.165, 1.54) is 0 Å². The van der Waals surface area contributed by atoms with Gasteiger partial charge in [0.2, 0.25) is 5.91 Å². The summed E-state index contributed by atoms with van der Waals surface area (Å²) in [6.07, 6.45) is 2.33. The number of rotatable bonds is 4. The van der Waals surface area contributed by atoms with Crippen LogP contribution >= 0.6 is 15.9 Å². The third-order valence-corrected chi connectivity index (χ3v) is 4.38. The fraction of sp³-hybridized carbons (Fsp3) is 0.222. The molecule has 1 amide bonds. The fourth-order valence-corrected chi connectivity index (χ4v) is 3.06. The molecule has 0 saturated carbocycles. The number of amides is 1. The number of aliphatic imine (C=N–C) groups is 1. The van der Waals surface area contributed by atoms with Crippen LogP contribution in [0.4, 0.5) is 5.69 Å². The second-order valence-electron chi connectivity index (χ2n) is 5.46. The summed E-state index contributed by atoms with van der Waals surface area (Å²) in [6, 6.07) is 13.6. The van der Waals surface area contributed by atoms with E-state index in [-0.39, 0.29) is 18.4 Å². The number of hydrogen-bond donors (Lipinski definition) is 2. The van der Waals surface area contributed by atoms with Gasteiger partial charge >= 0.3 is 0 Å². The normalized spacial score (nSPS) is 17.1. The second-order valence-corrected chi connectivity index (χ2v) is 6.37. The Morgan fingerprint density at radius 1 is 1.26 bits per heavy atom. The summed E-state index contributed by atoms with van der Waals surface area (Å²) < 4.78 is 1.00. The Kier molecular flexibility index (Phi) is 4.88. The first kappa shape index (κ1) is 15.9. The third kappa shape index (κ3) is 3.68. The lowest BCUT2D eigenvalue weighted by atomic mass is 9.91. The Bertz CT molecular complexity index is 741. The summed E-state index contributed by atoms with van der Waals surface area (Å²) in [5.74, 6) is -0.399. The molecule has 0 aliphatic carbocycles. The van der Waals surface area contributed by atoms with E-state index in [4.69, 9.17) is 5.11 Å². The van der Waals surface area contributed by atoms with Gasteiger partial charge in [0.05, 0.1) is 11.6 Å². The highest BCUT2D eigenvalue weighted by molar-refractivity contribution is 9.10. The van der Waals surface area contributed by atoms with Crippen molar-refractivity contribution in [2.75, 3.05) is 6.61 Å². The van der Waals surface area contributed by atoms with E-state index in [0.717, 1.165) is 26.9 Å². The Balaban J connectivity index is 1.83. The molecule has 0 fully saturated rings. The lowest BCUT2D eigenvalue weighted by Gasteiger charge is -2.23. The highest BCUT2D eigenvalue weighted by Crippen LogP contribution is 2.27. The molecule has 1 heterocycles. The fourth-order valence-electron chi connectivity index (χ4n) is 2.65. The lowest BCUT2D eigenvalue weighted by molar-refractivity contribution is -0.121. The minimum absolute atomic E-state index is 0.0273. The van der Waals surface area contributed by atoms with Crippen molar-refractivity contribution in [3.63, 3.8) is 0 Å². The summed E-state index contributed by atoms with van der Waals surface area (Å²) in [6.45, 7) is 0.686. The molecular weight excluding hydrogens is 356 g/mol. The zero-order chi connectivity index (χ0) is 16.2. The molecule has 3 rings (SSSR count). The van der Waals surface area contributed by atoms with Crippen LogP contribution in [0, 0.1) is 0 Å². The predicted octanol–water partition coefficient (Wildman–Crippen LogP) is 3.10. The summed E-state index contributed by atoms with van der Waals surface area (Å²) >= 11 is 3.46. The smallest absolute Gasteiger partial charge is 0.233 e. The first-order chi connectivity index (χ1) is 11.2. The summed E-state index contributed by atoms with van der Waals surface area (Å²) in [5, 5.41) is 11.8. The number of nitrogens with zero attached hydrogens (tertiary/aromatic N) is 1. The van der Waals surface area contributed by atoms with Gasteiger partial charge in [0, 0.05) is 23.8 Å². The number of carbonyl (C=O) groups excluding carboxylic acids is 1. The van der Waals surface area contributed by atoms with Crippen LogP contribution < -0.4 is 5.32 Å². The van der Waals surface area contributed by atoms with Crippen molar-refractivity contribution < 1.29 is 9.90 Å². The molecule has 118 valence electrons. The van der Waals surface area contributed by atoms with Gasteiger partial charge in [-0.25, -0.2) is 0 Å². The van der Waals surface area contributed by atoms with E-state index < -0.39 is 0 Å². The molecule has 2 N–H and O–H groups in total. The van der Waals surface area contributed by atoms with Gasteiger partial charge in [-0.15, -0.1) is 0 Å². The van der Waals surface area contributed by atoms with Crippen molar-refractivity contribution in [2.24, 2.45) is 4.99 Å². The van der Waals surface area contributed by atoms with Crippen LogP contribution in [0.5, 0.6) is 0 Å². The lowest BCUT2D eigenvalue weighted by Crippen LogP contribution is -2.35. The largest absolute Gasteiger partial charge is 0.396 e. The van der Waals surface area contributed by atoms with Crippen molar-refractivity contribution >= 4 is 33.7 Å². The van der Waals surface area contributed by atoms with Gasteiger partial charge in [0.15, 0.2) is 0 Å². The van der Waals surface area contributed by atoms with Crippen molar-refractivity contribution in [2.45, 2.75) is 18.9 Å². The molecule has 2 aromatic rings. The maximum Gasteiger partial charge on any atom is 0.233 e. The zero-order valence-electron chi connectivity index (χ0n) is 12.5. The Morgan fingerprint density at radius 2 is 2.04 bits per heavy atom. The van der Waals surface area contributed by atoms with E-state index in [0.29, 0.717) is 13.0 Å². The van der Waals surface area contributed by atoms with Crippen LogP contribution in [0.25, 0.3) is 0 Å². The number of nitrogens with one attached hydrogen (secondary N) is 1. The first-order valence-electron chi connectivity index (χ1n) is 7.47. The van der Waals surface area contributed by atoms with Gasteiger partial charge in [-0.05, 0) is 47.4 Å². The molecule has 0 saturated heterocycles. The molecule has 0 radical (unpaired) electrons. The van der Waals surface area contributed by atoms with Crippen LogP contribution in [0.2, 0.25) is 0 Å². The Morgan fingerprint density at radius 3 is 2.78 bits per heavy atom. The Labute approximate surface area is 143 Å². The van der Waals surface area contributed by atoms with Crippen molar-refractivity contribution in [1.82, 2.24) is 5.32 Å². The maximum atomic E-state index is 12.2. The molecule has 0 aromatic heterocycles. The minimum atomic E-state index is -0.371. The third-order valence-electron chi connectivity index (χ3n) is 3.89. The summed E-state index contributed by atoms with van der Waals surface area (Å²) in [5.41, 5.74) is 3.96. The molecular formula is C18H17BrN2O2. The van der Waals surface area contributed by atoms with Crippen LogP contribution in [0.1, 0.15) is 22.6 Å². The van der Waals surface area contributed by atoms with Gasteiger partial charge in [-0.2, -0.15) is 0 Å². The van der Waals surface area contributed by atoms with Crippen LogP contribution in [0.15, 0.2) is 51.9 Å². The molecule has 4 nitrogen and oxygen atoms in total.